The fraction of sp³-hybridized carbons (Fsp3) is 0.214. The lowest BCUT2D eigenvalue weighted by Gasteiger charge is -2.07. The summed E-state index contributed by atoms with van der Waals surface area (Å²) in [7, 11) is 0. The molecule has 2 nitrogen and oxygen atoms in total. The van der Waals surface area contributed by atoms with E-state index in [2.05, 4.69) is 16.7 Å². The molecule has 0 bridgehead atoms. The van der Waals surface area contributed by atoms with Crippen molar-refractivity contribution < 1.29 is 4.79 Å². The van der Waals surface area contributed by atoms with Crippen LogP contribution in [0.2, 0.25) is 0 Å². The summed E-state index contributed by atoms with van der Waals surface area (Å²) in [6.07, 6.45) is 2.83. The van der Waals surface area contributed by atoms with Crippen LogP contribution in [0, 0.1) is 5.92 Å². The van der Waals surface area contributed by atoms with Gasteiger partial charge in [-0.25, -0.2) is 0 Å². The molecule has 0 N–H and O–H groups in total. The first kappa shape index (κ1) is 9.40. The molecule has 0 radical (unpaired) electrons. The predicted molar refractivity (Wildman–Crippen MR) is 62.4 cm³/mol. The molecule has 0 fully saturated rings. The first-order chi connectivity index (χ1) is 7.84. The largest absolute Gasteiger partial charge is 0.344 e. The standard InChI is InChI=1S/C14H13NO/c16-14-12(9-11-5-2-1-3-6-11)10-15-8-4-7-13(14)15/h1-8,12H,9-10H2. The number of fused-ring (bicyclic) bond motifs is 1. The van der Waals surface area contributed by atoms with Crippen molar-refractivity contribution in [2.75, 3.05) is 0 Å². The maximum Gasteiger partial charge on any atom is 0.184 e. The number of hydrogen-bond acceptors (Lipinski definition) is 1. The minimum absolute atomic E-state index is 0.124. The minimum atomic E-state index is 0.124. The summed E-state index contributed by atoms with van der Waals surface area (Å²) in [6.45, 7) is 0.829. The minimum Gasteiger partial charge on any atom is -0.344 e. The van der Waals surface area contributed by atoms with Crippen LogP contribution in [-0.2, 0) is 13.0 Å². The number of hydrogen-bond donors (Lipinski definition) is 0. The van der Waals surface area contributed by atoms with Gasteiger partial charge in [-0.3, -0.25) is 4.79 Å². The molecule has 0 amide bonds. The molecule has 1 aromatic heterocycles. The molecular weight excluding hydrogens is 198 g/mol. The summed E-state index contributed by atoms with van der Waals surface area (Å²) in [5.74, 6) is 0.410. The lowest BCUT2D eigenvalue weighted by atomic mass is 9.96. The second-order valence-electron chi connectivity index (χ2n) is 4.30. The summed E-state index contributed by atoms with van der Waals surface area (Å²) in [5.41, 5.74) is 2.10. The van der Waals surface area contributed by atoms with Crippen LogP contribution in [0.5, 0.6) is 0 Å². The van der Waals surface area contributed by atoms with Crippen molar-refractivity contribution in [3.8, 4) is 0 Å². The molecule has 16 heavy (non-hydrogen) atoms. The second kappa shape index (κ2) is 3.63. The third-order valence-corrected chi connectivity index (χ3v) is 3.19. The Balaban J connectivity index is 1.80. The molecule has 1 aliphatic heterocycles. The molecule has 0 aliphatic carbocycles. The zero-order valence-corrected chi connectivity index (χ0v) is 8.97. The molecule has 0 spiro atoms. The van der Waals surface area contributed by atoms with Gasteiger partial charge >= 0.3 is 0 Å². The highest BCUT2D eigenvalue weighted by atomic mass is 16.1. The summed E-state index contributed by atoms with van der Waals surface area (Å²) in [6, 6.07) is 14.1. The van der Waals surface area contributed by atoms with Crippen molar-refractivity contribution in [1.82, 2.24) is 4.57 Å². The van der Waals surface area contributed by atoms with Crippen molar-refractivity contribution in [2.45, 2.75) is 13.0 Å². The smallest absolute Gasteiger partial charge is 0.184 e. The van der Waals surface area contributed by atoms with Gasteiger partial charge in [-0.15, -0.1) is 0 Å². The lowest BCUT2D eigenvalue weighted by molar-refractivity contribution is 0.0936. The molecule has 2 heteroatoms. The van der Waals surface area contributed by atoms with Crippen molar-refractivity contribution >= 4 is 5.78 Å². The van der Waals surface area contributed by atoms with Gasteiger partial charge in [0.05, 0.1) is 5.69 Å². The van der Waals surface area contributed by atoms with Gasteiger partial charge in [-0.1, -0.05) is 30.3 Å². The molecule has 3 rings (SSSR count). The molecular formula is C14H13NO. The zero-order valence-electron chi connectivity index (χ0n) is 8.97. The van der Waals surface area contributed by atoms with Crippen LogP contribution in [0.15, 0.2) is 48.7 Å². The van der Waals surface area contributed by atoms with E-state index in [1.54, 1.807) is 0 Å². The number of carbonyl (C=O) groups excluding carboxylic acids is 1. The first-order valence-corrected chi connectivity index (χ1v) is 5.58. The zero-order chi connectivity index (χ0) is 11.0. The third-order valence-electron chi connectivity index (χ3n) is 3.19. The fourth-order valence-electron chi connectivity index (χ4n) is 2.38. The van der Waals surface area contributed by atoms with E-state index in [-0.39, 0.29) is 11.7 Å². The molecule has 1 atom stereocenters. The lowest BCUT2D eigenvalue weighted by Crippen LogP contribution is -2.12. The third kappa shape index (κ3) is 1.47. The van der Waals surface area contributed by atoms with E-state index in [4.69, 9.17) is 0 Å². The average Bonchev–Trinajstić information content (AvgIpc) is 2.86. The summed E-state index contributed by atoms with van der Waals surface area (Å²) in [4.78, 5) is 12.0. The normalized spacial score (nSPS) is 18.8. The van der Waals surface area contributed by atoms with Gasteiger partial charge in [-0.2, -0.15) is 0 Å². The summed E-state index contributed by atoms with van der Waals surface area (Å²) >= 11 is 0. The molecule has 1 aliphatic rings. The quantitative estimate of drug-likeness (QED) is 0.748. The highest BCUT2D eigenvalue weighted by Gasteiger charge is 2.29. The monoisotopic (exact) mass is 211 g/mol. The van der Waals surface area contributed by atoms with Gasteiger partial charge in [0.1, 0.15) is 0 Å². The van der Waals surface area contributed by atoms with Crippen molar-refractivity contribution in [1.29, 1.82) is 0 Å². The van der Waals surface area contributed by atoms with Crippen LogP contribution in [-0.4, -0.2) is 10.4 Å². The molecule has 0 saturated carbocycles. The maximum atomic E-state index is 12.0. The maximum absolute atomic E-state index is 12.0. The molecule has 2 heterocycles. The average molecular weight is 211 g/mol. The number of ketones is 1. The SMILES string of the molecule is O=C1c2cccn2CC1Cc1ccccc1. The van der Waals surface area contributed by atoms with Crippen LogP contribution >= 0.6 is 0 Å². The Hall–Kier alpha value is -1.83. The predicted octanol–water partition coefficient (Wildman–Crippen LogP) is 2.54. The van der Waals surface area contributed by atoms with Crippen LogP contribution in [0.25, 0.3) is 0 Å². The van der Waals surface area contributed by atoms with Crippen LogP contribution in [0.3, 0.4) is 0 Å². The Bertz CT molecular complexity index is 513. The van der Waals surface area contributed by atoms with Gasteiger partial charge in [-0.05, 0) is 24.1 Å². The van der Waals surface area contributed by atoms with Crippen LogP contribution in [0.1, 0.15) is 16.1 Å². The molecule has 1 unspecified atom stereocenters. The first-order valence-electron chi connectivity index (χ1n) is 5.58. The van der Waals surface area contributed by atoms with E-state index in [0.717, 1.165) is 18.7 Å². The Morgan fingerprint density at radius 1 is 1.12 bits per heavy atom. The highest BCUT2D eigenvalue weighted by Crippen LogP contribution is 2.24. The van der Waals surface area contributed by atoms with Gasteiger partial charge < -0.3 is 4.57 Å². The number of nitrogens with zero attached hydrogens (tertiary/aromatic N) is 1. The molecule has 80 valence electrons. The van der Waals surface area contributed by atoms with Gasteiger partial charge in [0.25, 0.3) is 0 Å². The number of benzene rings is 1. The Kier molecular flexibility index (Phi) is 2.13. The molecule has 1 aromatic carbocycles. The van der Waals surface area contributed by atoms with Crippen molar-refractivity contribution in [3.05, 3.63) is 59.9 Å². The van der Waals surface area contributed by atoms with Crippen molar-refractivity contribution in [2.24, 2.45) is 5.92 Å². The van der Waals surface area contributed by atoms with E-state index < -0.39 is 0 Å². The number of Topliss-reactive ketones (excluding diaryl/α,β-unsaturated/α-hetero) is 1. The number of aromatic nitrogens is 1. The summed E-state index contributed by atoms with van der Waals surface area (Å²) < 4.78 is 2.05. The van der Waals surface area contributed by atoms with Crippen LogP contribution < -0.4 is 0 Å². The van der Waals surface area contributed by atoms with Gasteiger partial charge in [0, 0.05) is 18.7 Å². The van der Waals surface area contributed by atoms with Gasteiger partial charge in [0.2, 0.25) is 0 Å². The second-order valence-corrected chi connectivity index (χ2v) is 4.30. The van der Waals surface area contributed by atoms with Gasteiger partial charge in [0.15, 0.2) is 5.78 Å². The fourth-order valence-corrected chi connectivity index (χ4v) is 2.38. The molecule has 0 saturated heterocycles. The van der Waals surface area contributed by atoms with E-state index in [1.807, 2.05) is 36.5 Å². The highest BCUT2D eigenvalue weighted by molar-refractivity contribution is 5.98. The van der Waals surface area contributed by atoms with E-state index in [9.17, 15) is 4.79 Å². The Labute approximate surface area is 94.5 Å². The topological polar surface area (TPSA) is 22.0 Å². The van der Waals surface area contributed by atoms with Crippen molar-refractivity contribution in [3.63, 3.8) is 0 Å². The summed E-state index contributed by atoms with van der Waals surface area (Å²) in [5, 5.41) is 0. The number of carbonyl (C=O) groups is 1. The van der Waals surface area contributed by atoms with E-state index >= 15 is 0 Å². The van der Waals surface area contributed by atoms with Crippen LogP contribution in [0.4, 0.5) is 0 Å². The van der Waals surface area contributed by atoms with E-state index in [0.29, 0.717) is 0 Å². The number of rotatable bonds is 2. The Morgan fingerprint density at radius 3 is 2.69 bits per heavy atom. The Morgan fingerprint density at radius 2 is 1.94 bits per heavy atom. The molecule has 2 aromatic rings. The van der Waals surface area contributed by atoms with E-state index in [1.165, 1.54) is 5.56 Å².